The third kappa shape index (κ3) is 2.84. The van der Waals surface area contributed by atoms with Crippen LogP contribution in [0.4, 0.5) is 0 Å². The van der Waals surface area contributed by atoms with Crippen molar-refractivity contribution < 1.29 is 9.90 Å². The zero-order valence-corrected chi connectivity index (χ0v) is 11.3. The molecule has 2 nitrogen and oxygen atoms in total. The first-order chi connectivity index (χ1) is 9.15. The van der Waals surface area contributed by atoms with Crippen molar-refractivity contribution in [2.45, 2.75) is 26.7 Å². The van der Waals surface area contributed by atoms with Gasteiger partial charge in [-0.15, -0.1) is 0 Å². The van der Waals surface area contributed by atoms with Gasteiger partial charge in [-0.25, -0.2) is 4.79 Å². The Morgan fingerprint density at radius 3 is 2.00 bits per heavy atom. The van der Waals surface area contributed by atoms with E-state index < -0.39 is 5.97 Å². The smallest absolute Gasteiger partial charge is 0.335 e. The van der Waals surface area contributed by atoms with Gasteiger partial charge in [0.1, 0.15) is 0 Å². The second-order valence-electron chi connectivity index (χ2n) is 4.57. The molecule has 0 aliphatic heterocycles. The number of aromatic carboxylic acids is 1. The summed E-state index contributed by atoms with van der Waals surface area (Å²) < 4.78 is 0. The van der Waals surface area contributed by atoms with Gasteiger partial charge in [0.2, 0.25) is 0 Å². The van der Waals surface area contributed by atoms with Gasteiger partial charge in [-0.05, 0) is 47.2 Å². The summed E-state index contributed by atoms with van der Waals surface area (Å²) in [7, 11) is 0. The van der Waals surface area contributed by atoms with Gasteiger partial charge < -0.3 is 5.11 Å². The SMILES string of the molecule is CCc1ccc(-c2ccc(C(=O)O)cc2)cc1CC. The molecule has 0 fully saturated rings. The number of aryl methyl sites for hydroxylation is 2. The van der Waals surface area contributed by atoms with Crippen molar-refractivity contribution in [1.82, 2.24) is 0 Å². The molecule has 2 aromatic rings. The maximum absolute atomic E-state index is 10.8. The Hall–Kier alpha value is -2.09. The van der Waals surface area contributed by atoms with E-state index in [1.807, 2.05) is 12.1 Å². The first-order valence-electron chi connectivity index (χ1n) is 6.61. The highest BCUT2D eigenvalue weighted by Gasteiger charge is 2.05. The zero-order valence-electron chi connectivity index (χ0n) is 11.3. The zero-order chi connectivity index (χ0) is 13.8. The molecule has 2 aromatic carbocycles. The van der Waals surface area contributed by atoms with Crippen molar-refractivity contribution in [2.24, 2.45) is 0 Å². The minimum absolute atomic E-state index is 0.324. The van der Waals surface area contributed by atoms with Crippen molar-refractivity contribution in [3.05, 3.63) is 59.2 Å². The Labute approximate surface area is 113 Å². The quantitative estimate of drug-likeness (QED) is 0.888. The molecule has 0 aliphatic rings. The van der Waals surface area contributed by atoms with E-state index >= 15 is 0 Å². The number of carboxylic acids is 1. The lowest BCUT2D eigenvalue weighted by molar-refractivity contribution is 0.0697. The Morgan fingerprint density at radius 2 is 1.47 bits per heavy atom. The lowest BCUT2D eigenvalue weighted by Gasteiger charge is -2.09. The molecule has 0 spiro atoms. The average Bonchev–Trinajstić information content (AvgIpc) is 2.46. The third-order valence-electron chi connectivity index (χ3n) is 3.43. The summed E-state index contributed by atoms with van der Waals surface area (Å²) in [5, 5.41) is 8.90. The molecule has 0 heterocycles. The molecular weight excluding hydrogens is 236 g/mol. The van der Waals surface area contributed by atoms with Crippen LogP contribution in [-0.2, 0) is 12.8 Å². The molecule has 0 amide bonds. The van der Waals surface area contributed by atoms with Crippen LogP contribution in [0.1, 0.15) is 35.3 Å². The Bertz CT molecular complexity index is 583. The first kappa shape index (κ1) is 13.3. The predicted octanol–water partition coefficient (Wildman–Crippen LogP) is 4.18. The van der Waals surface area contributed by atoms with Crippen molar-refractivity contribution >= 4 is 5.97 Å². The van der Waals surface area contributed by atoms with E-state index in [2.05, 4.69) is 32.0 Å². The second kappa shape index (κ2) is 5.70. The van der Waals surface area contributed by atoms with Crippen LogP contribution in [0.5, 0.6) is 0 Å². The van der Waals surface area contributed by atoms with Crippen LogP contribution in [0.15, 0.2) is 42.5 Å². The lowest BCUT2D eigenvalue weighted by Crippen LogP contribution is -1.95. The highest BCUT2D eigenvalue weighted by Crippen LogP contribution is 2.24. The molecule has 0 unspecified atom stereocenters. The maximum atomic E-state index is 10.8. The lowest BCUT2D eigenvalue weighted by atomic mass is 9.96. The summed E-state index contributed by atoms with van der Waals surface area (Å²) in [6, 6.07) is 13.5. The molecule has 1 N–H and O–H groups in total. The summed E-state index contributed by atoms with van der Waals surface area (Å²) in [5.41, 5.74) is 5.27. The Balaban J connectivity index is 2.38. The summed E-state index contributed by atoms with van der Waals surface area (Å²) in [6.07, 6.45) is 2.06. The number of hydrogen-bond donors (Lipinski definition) is 1. The largest absolute Gasteiger partial charge is 0.478 e. The molecule has 0 saturated carbocycles. The maximum Gasteiger partial charge on any atom is 0.335 e. The van der Waals surface area contributed by atoms with Crippen LogP contribution >= 0.6 is 0 Å². The van der Waals surface area contributed by atoms with Gasteiger partial charge in [0.15, 0.2) is 0 Å². The molecule has 2 heteroatoms. The molecule has 2 rings (SSSR count). The Kier molecular flexibility index (Phi) is 4.00. The van der Waals surface area contributed by atoms with Gasteiger partial charge in [0, 0.05) is 0 Å². The number of benzene rings is 2. The van der Waals surface area contributed by atoms with Crippen molar-refractivity contribution in [1.29, 1.82) is 0 Å². The van der Waals surface area contributed by atoms with Crippen LogP contribution in [0.3, 0.4) is 0 Å². The predicted molar refractivity (Wildman–Crippen MR) is 77.6 cm³/mol. The normalized spacial score (nSPS) is 10.4. The second-order valence-corrected chi connectivity index (χ2v) is 4.57. The summed E-state index contributed by atoms with van der Waals surface area (Å²) in [6.45, 7) is 4.32. The number of hydrogen-bond acceptors (Lipinski definition) is 1. The highest BCUT2D eigenvalue weighted by atomic mass is 16.4. The number of rotatable bonds is 4. The van der Waals surface area contributed by atoms with Crippen molar-refractivity contribution in [2.75, 3.05) is 0 Å². The van der Waals surface area contributed by atoms with Gasteiger partial charge in [0.05, 0.1) is 5.56 Å². The molecule has 0 atom stereocenters. The minimum atomic E-state index is -0.887. The van der Waals surface area contributed by atoms with E-state index in [9.17, 15) is 4.79 Å². The van der Waals surface area contributed by atoms with Gasteiger partial charge in [-0.3, -0.25) is 0 Å². The minimum Gasteiger partial charge on any atom is -0.478 e. The molecule has 0 bridgehead atoms. The fourth-order valence-electron chi connectivity index (χ4n) is 2.28. The van der Waals surface area contributed by atoms with E-state index in [1.165, 1.54) is 11.1 Å². The van der Waals surface area contributed by atoms with Crippen LogP contribution in [0, 0.1) is 0 Å². The van der Waals surface area contributed by atoms with Crippen molar-refractivity contribution in [3.63, 3.8) is 0 Å². The van der Waals surface area contributed by atoms with Crippen LogP contribution in [0.25, 0.3) is 11.1 Å². The third-order valence-corrected chi connectivity index (χ3v) is 3.43. The van der Waals surface area contributed by atoms with E-state index in [0.29, 0.717) is 5.56 Å². The average molecular weight is 254 g/mol. The number of carboxylic acid groups (broad SMARTS) is 1. The highest BCUT2D eigenvalue weighted by molar-refractivity contribution is 5.88. The van der Waals surface area contributed by atoms with E-state index in [-0.39, 0.29) is 0 Å². The van der Waals surface area contributed by atoms with Crippen LogP contribution in [-0.4, -0.2) is 11.1 Å². The molecule has 19 heavy (non-hydrogen) atoms. The molecule has 0 aromatic heterocycles. The Morgan fingerprint density at radius 1 is 0.895 bits per heavy atom. The molecule has 98 valence electrons. The van der Waals surface area contributed by atoms with Crippen molar-refractivity contribution in [3.8, 4) is 11.1 Å². The molecular formula is C17H18O2. The van der Waals surface area contributed by atoms with Gasteiger partial charge in [-0.2, -0.15) is 0 Å². The molecule has 0 saturated heterocycles. The fourth-order valence-corrected chi connectivity index (χ4v) is 2.28. The molecule has 0 radical (unpaired) electrons. The summed E-state index contributed by atoms with van der Waals surface area (Å²) >= 11 is 0. The van der Waals surface area contributed by atoms with Crippen LogP contribution in [0.2, 0.25) is 0 Å². The molecule has 0 aliphatic carbocycles. The number of carbonyl (C=O) groups is 1. The topological polar surface area (TPSA) is 37.3 Å². The summed E-state index contributed by atoms with van der Waals surface area (Å²) in [5.74, 6) is -0.887. The summed E-state index contributed by atoms with van der Waals surface area (Å²) in [4.78, 5) is 10.8. The first-order valence-corrected chi connectivity index (χ1v) is 6.61. The van der Waals surface area contributed by atoms with Crippen LogP contribution < -0.4 is 0 Å². The van der Waals surface area contributed by atoms with Gasteiger partial charge in [0.25, 0.3) is 0 Å². The van der Waals surface area contributed by atoms with E-state index in [4.69, 9.17) is 5.11 Å². The van der Waals surface area contributed by atoms with E-state index in [0.717, 1.165) is 24.0 Å². The fraction of sp³-hybridized carbons (Fsp3) is 0.235. The van der Waals surface area contributed by atoms with Gasteiger partial charge in [-0.1, -0.05) is 44.2 Å². The standard InChI is InChI=1S/C17H18O2/c1-3-12-5-10-16(11-13(12)4-2)14-6-8-15(9-7-14)17(18)19/h5-11H,3-4H2,1-2H3,(H,18,19). The van der Waals surface area contributed by atoms with Gasteiger partial charge >= 0.3 is 5.97 Å². The monoisotopic (exact) mass is 254 g/mol. The van der Waals surface area contributed by atoms with E-state index in [1.54, 1.807) is 12.1 Å².